The Balaban J connectivity index is 2.18. The molecule has 0 aromatic rings. The fourth-order valence-corrected chi connectivity index (χ4v) is 2.11. The molecule has 6 nitrogen and oxygen atoms in total. The number of nitrogens with zero attached hydrogens (tertiary/aromatic N) is 1. The van der Waals surface area contributed by atoms with Gasteiger partial charge in [-0.25, -0.2) is 0 Å². The summed E-state index contributed by atoms with van der Waals surface area (Å²) in [5.41, 5.74) is 0. The van der Waals surface area contributed by atoms with Crippen LogP contribution in [0.1, 0.15) is 13.8 Å². The SMILES string of the molecule is CO[C@H]1O[C@H](C(O)C#N)[C@@H]2OC(C)(C)O[C@H]12. The maximum atomic E-state index is 9.51. The summed E-state index contributed by atoms with van der Waals surface area (Å²) in [5, 5.41) is 18.2. The lowest BCUT2D eigenvalue weighted by Crippen LogP contribution is -2.37. The molecule has 2 rings (SSSR count). The summed E-state index contributed by atoms with van der Waals surface area (Å²) in [5.74, 6) is -0.747. The standard InChI is InChI=1S/C10H15NO5/c1-10(2)15-7-6(5(12)4-11)14-9(13-3)8(7)16-10/h5-9,12H,1-3H3/t5?,6-,7+,8+,9+/m1/s1. The third kappa shape index (κ3) is 1.81. The quantitative estimate of drug-likeness (QED) is 0.658. The minimum absolute atomic E-state index is 0.409. The van der Waals surface area contributed by atoms with E-state index in [-0.39, 0.29) is 0 Å². The first kappa shape index (κ1) is 11.8. The second-order valence-corrected chi connectivity index (χ2v) is 4.34. The first-order valence-corrected chi connectivity index (χ1v) is 5.10. The largest absolute Gasteiger partial charge is 0.375 e. The van der Waals surface area contributed by atoms with Crippen molar-refractivity contribution in [3.63, 3.8) is 0 Å². The lowest BCUT2D eigenvalue weighted by atomic mass is 10.1. The maximum absolute atomic E-state index is 9.51. The molecule has 0 spiro atoms. The van der Waals surface area contributed by atoms with Crippen LogP contribution in [0.25, 0.3) is 0 Å². The summed E-state index contributed by atoms with van der Waals surface area (Å²) in [6, 6.07) is 1.73. The van der Waals surface area contributed by atoms with Gasteiger partial charge in [0.2, 0.25) is 0 Å². The van der Waals surface area contributed by atoms with Crippen molar-refractivity contribution in [2.75, 3.05) is 7.11 Å². The highest BCUT2D eigenvalue weighted by molar-refractivity contribution is 5.03. The number of hydrogen-bond acceptors (Lipinski definition) is 6. The number of rotatable bonds is 2. The molecule has 0 aromatic heterocycles. The van der Waals surface area contributed by atoms with Gasteiger partial charge in [-0.05, 0) is 13.8 Å². The Bertz CT molecular complexity index is 313. The molecule has 1 N–H and O–H groups in total. The van der Waals surface area contributed by atoms with Gasteiger partial charge in [0.15, 0.2) is 18.2 Å². The van der Waals surface area contributed by atoms with Crippen LogP contribution >= 0.6 is 0 Å². The van der Waals surface area contributed by atoms with Crippen molar-refractivity contribution in [3.8, 4) is 6.07 Å². The Kier molecular flexibility index (Phi) is 2.90. The van der Waals surface area contributed by atoms with Crippen LogP contribution in [0.2, 0.25) is 0 Å². The molecule has 0 radical (unpaired) electrons. The average Bonchev–Trinajstić information content (AvgIpc) is 2.69. The Hall–Kier alpha value is -0.710. The van der Waals surface area contributed by atoms with Crippen LogP contribution < -0.4 is 0 Å². The van der Waals surface area contributed by atoms with Crippen LogP contribution in [-0.2, 0) is 18.9 Å². The molecule has 5 atom stereocenters. The van der Waals surface area contributed by atoms with Gasteiger partial charge in [-0.1, -0.05) is 0 Å². The van der Waals surface area contributed by atoms with Gasteiger partial charge in [0, 0.05) is 7.11 Å². The topological polar surface area (TPSA) is 80.9 Å². The first-order valence-electron chi connectivity index (χ1n) is 5.10. The van der Waals surface area contributed by atoms with Gasteiger partial charge in [-0.2, -0.15) is 5.26 Å². The molecule has 0 saturated carbocycles. The predicted octanol–water partition coefficient (Wildman–Crippen LogP) is -0.238. The zero-order valence-electron chi connectivity index (χ0n) is 9.41. The summed E-state index contributed by atoms with van der Waals surface area (Å²) in [4.78, 5) is 0. The molecule has 0 bridgehead atoms. The summed E-state index contributed by atoms with van der Waals surface area (Å²) in [7, 11) is 1.48. The summed E-state index contributed by atoms with van der Waals surface area (Å²) >= 11 is 0. The molecule has 16 heavy (non-hydrogen) atoms. The number of nitriles is 1. The van der Waals surface area contributed by atoms with E-state index in [4.69, 9.17) is 24.2 Å². The fraction of sp³-hybridized carbons (Fsp3) is 0.900. The van der Waals surface area contributed by atoms with Crippen molar-refractivity contribution < 1.29 is 24.1 Å². The molecule has 0 aliphatic carbocycles. The van der Waals surface area contributed by atoms with E-state index in [0.29, 0.717) is 0 Å². The molecular weight excluding hydrogens is 214 g/mol. The van der Waals surface area contributed by atoms with Gasteiger partial charge in [-0.3, -0.25) is 0 Å². The lowest BCUT2D eigenvalue weighted by molar-refractivity contribution is -0.233. The number of aliphatic hydroxyl groups is 1. The van der Waals surface area contributed by atoms with Gasteiger partial charge >= 0.3 is 0 Å². The van der Waals surface area contributed by atoms with E-state index in [1.165, 1.54) is 7.11 Å². The highest BCUT2D eigenvalue weighted by Crippen LogP contribution is 2.39. The molecule has 0 amide bonds. The molecule has 1 unspecified atom stereocenters. The summed E-state index contributed by atoms with van der Waals surface area (Å²) in [6.07, 6.45) is -3.48. The monoisotopic (exact) mass is 229 g/mol. The van der Waals surface area contributed by atoms with Crippen molar-refractivity contribution in [1.82, 2.24) is 0 Å². The number of fused-ring (bicyclic) bond motifs is 1. The maximum Gasteiger partial charge on any atom is 0.186 e. The normalized spacial score (nSPS) is 42.7. The minimum atomic E-state index is -1.25. The third-order valence-corrected chi connectivity index (χ3v) is 2.72. The average molecular weight is 229 g/mol. The first-order chi connectivity index (χ1) is 7.48. The van der Waals surface area contributed by atoms with Crippen molar-refractivity contribution in [2.24, 2.45) is 0 Å². The van der Waals surface area contributed by atoms with Gasteiger partial charge in [0.05, 0.1) is 6.07 Å². The van der Waals surface area contributed by atoms with Crippen LogP contribution in [0, 0.1) is 11.3 Å². The molecule has 2 heterocycles. The number of aliphatic hydroxyl groups excluding tert-OH is 1. The van der Waals surface area contributed by atoms with Crippen molar-refractivity contribution >= 4 is 0 Å². The van der Waals surface area contributed by atoms with E-state index in [2.05, 4.69) is 0 Å². The number of methoxy groups -OCH3 is 1. The number of ether oxygens (including phenoxy) is 4. The van der Waals surface area contributed by atoms with Crippen LogP contribution in [0.4, 0.5) is 0 Å². The van der Waals surface area contributed by atoms with Gasteiger partial charge in [-0.15, -0.1) is 0 Å². The van der Waals surface area contributed by atoms with Crippen LogP contribution in [0.3, 0.4) is 0 Å². The predicted molar refractivity (Wildman–Crippen MR) is 51.1 cm³/mol. The Morgan fingerprint density at radius 2 is 2.00 bits per heavy atom. The molecule has 2 aliphatic rings. The van der Waals surface area contributed by atoms with Gasteiger partial charge in [0.25, 0.3) is 0 Å². The van der Waals surface area contributed by atoms with E-state index in [9.17, 15) is 5.11 Å². The van der Waals surface area contributed by atoms with Crippen LogP contribution in [0.15, 0.2) is 0 Å². The van der Waals surface area contributed by atoms with E-state index in [1.807, 2.05) is 0 Å². The summed E-state index contributed by atoms with van der Waals surface area (Å²) < 4.78 is 21.7. The van der Waals surface area contributed by atoms with Crippen molar-refractivity contribution in [3.05, 3.63) is 0 Å². The van der Waals surface area contributed by atoms with Crippen molar-refractivity contribution in [2.45, 2.75) is 50.3 Å². The minimum Gasteiger partial charge on any atom is -0.375 e. The van der Waals surface area contributed by atoms with Crippen LogP contribution in [-0.4, -0.2) is 48.7 Å². The smallest absolute Gasteiger partial charge is 0.186 e. The van der Waals surface area contributed by atoms with E-state index >= 15 is 0 Å². The Morgan fingerprint density at radius 3 is 2.56 bits per heavy atom. The second kappa shape index (κ2) is 3.95. The van der Waals surface area contributed by atoms with E-state index in [1.54, 1.807) is 19.9 Å². The molecule has 6 heteroatoms. The third-order valence-electron chi connectivity index (χ3n) is 2.72. The molecular formula is C10H15NO5. The zero-order valence-corrected chi connectivity index (χ0v) is 9.41. The zero-order chi connectivity index (χ0) is 11.9. The molecule has 90 valence electrons. The van der Waals surface area contributed by atoms with E-state index < -0.39 is 36.5 Å². The fourth-order valence-electron chi connectivity index (χ4n) is 2.11. The Labute approximate surface area is 93.7 Å². The Morgan fingerprint density at radius 1 is 1.38 bits per heavy atom. The highest BCUT2D eigenvalue weighted by atomic mass is 16.8. The highest BCUT2D eigenvalue weighted by Gasteiger charge is 2.57. The molecule has 2 saturated heterocycles. The number of hydrogen-bond donors (Lipinski definition) is 1. The molecule has 2 aliphatic heterocycles. The van der Waals surface area contributed by atoms with Crippen LogP contribution in [0.5, 0.6) is 0 Å². The lowest BCUT2D eigenvalue weighted by Gasteiger charge is -2.23. The summed E-state index contributed by atoms with van der Waals surface area (Å²) in [6.45, 7) is 3.54. The second-order valence-electron chi connectivity index (χ2n) is 4.34. The molecule has 2 fully saturated rings. The van der Waals surface area contributed by atoms with Gasteiger partial charge in [0.1, 0.15) is 18.3 Å². The van der Waals surface area contributed by atoms with Crippen molar-refractivity contribution in [1.29, 1.82) is 5.26 Å². The van der Waals surface area contributed by atoms with Gasteiger partial charge < -0.3 is 24.1 Å². The van der Waals surface area contributed by atoms with E-state index in [0.717, 1.165) is 0 Å². The molecule has 0 aromatic carbocycles.